The van der Waals surface area contributed by atoms with Gasteiger partial charge in [0, 0.05) is 34.7 Å². The van der Waals surface area contributed by atoms with Crippen molar-refractivity contribution in [3.05, 3.63) is 83.6 Å². The van der Waals surface area contributed by atoms with Crippen molar-refractivity contribution in [1.29, 1.82) is 5.41 Å². The fraction of sp³-hybridized carbons (Fsp3) is 0.0526. The molecule has 1 amide bonds. The van der Waals surface area contributed by atoms with E-state index in [0.717, 1.165) is 16.8 Å². The molecule has 0 radical (unpaired) electrons. The number of benzene rings is 2. The third-order valence-corrected chi connectivity index (χ3v) is 3.67. The summed E-state index contributed by atoms with van der Waals surface area (Å²) in [5.41, 5.74) is 10.1. The van der Waals surface area contributed by atoms with Gasteiger partial charge in [-0.2, -0.15) is 0 Å². The van der Waals surface area contributed by atoms with Crippen LogP contribution in [0.5, 0.6) is 0 Å². The zero-order valence-electron chi connectivity index (χ0n) is 12.5. The predicted molar refractivity (Wildman–Crippen MR) is 93.2 cm³/mol. The molecule has 4 N–H and O–H groups in total. The number of nitrogens with two attached hydrogens (primary N) is 1. The molecule has 0 aromatic heterocycles. The lowest BCUT2D eigenvalue weighted by Crippen LogP contribution is -2.26. The van der Waals surface area contributed by atoms with Crippen LogP contribution in [0.1, 0.15) is 22.3 Å². The molecule has 0 spiro atoms. The van der Waals surface area contributed by atoms with Gasteiger partial charge in [-0.1, -0.05) is 36.4 Å². The second-order valence-corrected chi connectivity index (χ2v) is 5.37. The van der Waals surface area contributed by atoms with Gasteiger partial charge in [0.25, 0.3) is 5.91 Å². The molecular weight excluding hydrogens is 286 g/mol. The third kappa shape index (κ3) is 3.37. The number of hydrogen-bond acceptors (Lipinski definition) is 3. The number of allylic oxidation sites excluding steroid dienone is 4. The number of nitrogen functional groups attached to an aromatic ring is 1. The molecule has 3 rings (SSSR count). The summed E-state index contributed by atoms with van der Waals surface area (Å²) in [6.07, 6.45) is 4.01. The van der Waals surface area contributed by atoms with E-state index < -0.39 is 0 Å². The number of hydrogen-bond donors (Lipinski definition) is 3. The van der Waals surface area contributed by atoms with E-state index in [1.807, 2.05) is 48.5 Å². The molecule has 0 heterocycles. The van der Waals surface area contributed by atoms with Crippen LogP contribution < -0.4 is 11.1 Å². The monoisotopic (exact) mass is 303 g/mol. The lowest BCUT2D eigenvalue weighted by Gasteiger charge is -2.18. The summed E-state index contributed by atoms with van der Waals surface area (Å²) in [5.74, 6) is -0.170. The minimum absolute atomic E-state index is 0.170. The highest BCUT2D eigenvalue weighted by molar-refractivity contribution is 6.04. The van der Waals surface area contributed by atoms with Gasteiger partial charge in [0.2, 0.25) is 0 Å². The molecule has 2 aromatic rings. The Kier molecular flexibility index (Phi) is 4.06. The minimum Gasteiger partial charge on any atom is -0.399 e. The van der Waals surface area contributed by atoms with Crippen LogP contribution in [0.3, 0.4) is 0 Å². The highest BCUT2D eigenvalue weighted by Gasteiger charge is 2.16. The Hall–Kier alpha value is -3.14. The number of carbonyl (C=O) groups excluding carboxylic acids is 1. The maximum Gasteiger partial charge on any atom is 0.255 e. The summed E-state index contributed by atoms with van der Waals surface area (Å²) in [4.78, 5) is 12.4. The van der Waals surface area contributed by atoms with Gasteiger partial charge in [-0.05, 0) is 35.9 Å². The summed E-state index contributed by atoms with van der Waals surface area (Å²) < 4.78 is 0. The Morgan fingerprint density at radius 3 is 2.39 bits per heavy atom. The third-order valence-electron chi connectivity index (χ3n) is 3.67. The SMILES string of the molecule is N=C1C=CC(c2ccc(N)cc2)=C(NC(=O)c2ccccc2)C1. The van der Waals surface area contributed by atoms with Crippen molar-refractivity contribution in [1.82, 2.24) is 5.32 Å². The van der Waals surface area contributed by atoms with E-state index >= 15 is 0 Å². The number of nitrogens with one attached hydrogen (secondary N) is 2. The van der Waals surface area contributed by atoms with Gasteiger partial charge in [-0.25, -0.2) is 0 Å². The van der Waals surface area contributed by atoms with E-state index in [0.29, 0.717) is 23.4 Å². The molecule has 0 aliphatic heterocycles. The molecule has 0 saturated heterocycles. The number of rotatable bonds is 3. The maximum absolute atomic E-state index is 12.4. The molecule has 4 heteroatoms. The smallest absolute Gasteiger partial charge is 0.255 e. The van der Waals surface area contributed by atoms with E-state index in [4.69, 9.17) is 11.1 Å². The predicted octanol–water partition coefficient (Wildman–Crippen LogP) is 3.39. The quantitative estimate of drug-likeness (QED) is 0.760. The topological polar surface area (TPSA) is 79.0 Å². The first-order chi connectivity index (χ1) is 11.1. The molecule has 0 saturated carbocycles. The zero-order valence-corrected chi connectivity index (χ0v) is 12.5. The van der Waals surface area contributed by atoms with Crippen LogP contribution >= 0.6 is 0 Å². The Labute approximate surface area is 134 Å². The number of carbonyl (C=O) groups is 1. The molecule has 0 atom stereocenters. The van der Waals surface area contributed by atoms with E-state index in [9.17, 15) is 4.79 Å². The second-order valence-electron chi connectivity index (χ2n) is 5.37. The van der Waals surface area contributed by atoms with Crippen molar-refractivity contribution in [2.24, 2.45) is 0 Å². The Morgan fingerprint density at radius 1 is 1.00 bits per heavy atom. The van der Waals surface area contributed by atoms with Crippen molar-refractivity contribution >= 4 is 22.9 Å². The van der Waals surface area contributed by atoms with Gasteiger partial charge < -0.3 is 16.5 Å². The van der Waals surface area contributed by atoms with Crippen LogP contribution in [0.2, 0.25) is 0 Å². The van der Waals surface area contributed by atoms with E-state index in [2.05, 4.69) is 5.32 Å². The highest BCUT2D eigenvalue weighted by Crippen LogP contribution is 2.26. The summed E-state index contributed by atoms with van der Waals surface area (Å²) in [6.45, 7) is 0. The van der Waals surface area contributed by atoms with E-state index in [1.54, 1.807) is 18.2 Å². The Balaban J connectivity index is 1.94. The van der Waals surface area contributed by atoms with Crippen molar-refractivity contribution in [2.45, 2.75) is 6.42 Å². The summed E-state index contributed by atoms with van der Waals surface area (Å²) in [5, 5.41) is 10.8. The first-order valence-electron chi connectivity index (χ1n) is 7.34. The van der Waals surface area contributed by atoms with Crippen molar-refractivity contribution in [2.75, 3.05) is 5.73 Å². The van der Waals surface area contributed by atoms with Gasteiger partial charge in [0.05, 0.1) is 0 Å². The molecule has 0 bridgehead atoms. The first kappa shape index (κ1) is 14.8. The average molecular weight is 303 g/mol. The summed E-state index contributed by atoms with van der Waals surface area (Å²) in [6, 6.07) is 16.5. The fourth-order valence-electron chi connectivity index (χ4n) is 2.47. The molecule has 114 valence electrons. The molecule has 0 unspecified atom stereocenters. The summed E-state index contributed by atoms with van der Waals surface area (Å²) in [7, 11) is 0. The van der Waals surface area contributed by atoms with Crippen LogP contribution in [0, 0.1) is 5.41 Å². The Morgan fingerprint density at radius 2 is 1.70 bits per heavy atom. The Bertz CT molecular complexity index is 802. The van der Waals surface area contributed by atoms with Crippen LogP contribution in [-0.4, -0.2) is 11.6 Å². The molecular formula is C19H17N3O. The number of amides is 1. The molecule has 1 aliphatic rings. The van der Waals surface area contributed by atoms with E-state index in [-0.39, 0.29) is 5.91 Å². The van der Waals surface area contributed by atoms with Gasteiger partial charge in [0.1, 0.15) is 0 Å². The first-order valence-corrected chi connectivity index (χ1v) is 7.34. The zero-order chi connectivity index (χ0) is 16.2. The van der Waals surface area contributed by atoms with Gasteiger partial charge in [-0.15, -0.1) is 0 Å². The maximum atomic E-state index is 12.4. The second kappa shape index (κ2) is 6.32. The van der Waals surface area contributed by atoms with Crippen LogP contribution in [0.4, 0.5) is 5.69 Å². The van der Waals surface area contributed by atoms with Gasteiger partial charge in [-0.3, -0.25) is 4.79 Å². The standard InChI is InChI=1S/C19H17N3O/c20-15-8-6-13(7-9-15)17-11-10-16(21)12-18(17)22-19(23)14-4-2-1-3-5-14/h1-11,21H,12,20H2,(H,22,23). The molecule has 1 aliphatic carbocycles. The van der Waals surface area contributed by atoms with Gasteiger partial charge >= 0.3 is 0 Å². The van der Waals surface area contributed by atoms with Crippen molar-refractivity contribution < 1.29 is 4.79 Å². The fourth-order valence-corrected chi connectivity index (χ4v) is 2.47. The van der Waals surface area contributed by atoms with Crippen LogP contribution in [0.25, 0.3) is 5.57 Å². The summed E-state index contributed by atoms with van der Waals surface area (Å²) >= 11 is 0. The van der Waals surface area contributed by atoms with Crippen LogP contribution in [-0.2, 0) is 0 Å². The normalized spacial score (nSPS) is 14.0. The minimum atomic E-state index is -0.170. The number of anilines is 1. The lowest BCUT2D eigenvalue weighted by atomic mass is 9.95. The molecule has 0 fully saturated rings. The molecule has 4 nitrogen and oxygen atoms in total. The molecule has 2 aromatic carbocycles. The highest BCUT2D eigenvalue weighted by atomic mass is 16.1. The van der Waals surface area contributed by atoms with Gasteiger partial charge in [0.15, 0.2) is 0 Å². The molecule has 23 heavy (non-hydrogen) atoms. The average Bonchev–Trinajstić information content (AvgIpc) is 2.57. The van der Waals surface area contributed by atoms with Crippen LogP contribution in [0.15, 0.2) is 72.4 Å². The van der Waals surface area contributed by atoms with Crippen molar-refractivity contribution in [3.63, 3.8) is 0 Å². The largest absolute Gasteiger partial charge is 0.399 e. The van der Waals surface area contributed by atoms with E-state index in [1.165, 1.54) is 0 Å². The lowest BCUT2D eigenvalue weighted by molar-refractivity contribution is 0.0965. The van der Waals surface area contributed by atoms with Crippen molar-refractivity contribution in [3.8, 4) is 0 Å².